The van der Waals surface area contributed by atoms with Crippen LogP contribution in [0.2, 0.25) is 0 Å². The van der Waals surface area contributed by atoms with E-state index in [0.717, 1.165) is 11.1 Å². The molecule has 0 radical (unpaired) electrons. The lowest BCUT2D eigenvalue weighted by Crippen LogP contribution is -2.51. The normalized spacial score (nSPS) is 17.1. The predicted octanol–water partition coefficient (Wildman–Crippen LogP) is 3.09. The van der Waals surface area contributed by atoms with E-state index in [1.54, 1.807) is 31.4 Å². The molecule has 2 aromatic rings. The van der Waals surface area contributed by atoms with E-state index in [-0.39, 0.29) is 0 Å². The summed E-state index contributed by atoms with van der Waals surface area (Å²) < 4.78 is 15.3. The lowest BCUT2D eigenvalue weighted by Gasteiger charge is -2.38. The summed E-state index contributed by atoms with van der Waals surface area (Å²) in [5, 5.41) is 0. The highest BCUT2D eigenvalue weighted by atomic mass is 16.5. The van der Waals surface area contributed by atoms with Crippen molar-refractivity contribution < 1.29 is 23.8 Å². The second-order valence-corrected chi connectivity index (χ2v) is 5.99. The maximum Gasteiger partial charge on any atom is 0.328 e. The number of esters is 2. The standard InChI is InChI=1S/C21H20O5/c1-24-16-11-8-15(9-12-16)18-13-10-14-6-4-5-7-17(14)21(18,19(22)25-2)20(23)26-3/h4-13,18H,1-3H3. The number of hydrogen-bond acceptors (Lipinski definition) is 5. The molecular formula is C21H20O5. The van der Waals surface area contributed by atoms with Crippen molar-refractivity contribution in [1.82, 2.24) is 0 Å². The van der Waals surface area contributed by atoms with Crippen molar-refractivity contribution in [2.24, 2.45) is 0 Å². The molecule has 3 rings (SSSR count). The fraction of sp³-hybridized carbons (Fsp3) is 0.238. The van der Waals surface area contributed by atoms with Gasteiger partial charge < -0.3 is 14.2 Å². The predicted molar refractivity (Wildman–Crippen MR) is 96.9 cm³/mol. The molecule has 26 heavy (non-hydrogen) atoms. The van der Waals surface area contributed by atoms with Gasteiger partial charge in [0.2, 0.25) is 5.41 Å². The SMILES string of the molecule is COC(=O)C1(C(=O)OC)c2ccccc2C=CC1c1ccc(OC)cc1. The van der Waals surface area contributed by atoms with Gasteiger partial charge in [0.05, 0.1) is 21.3 Å². The summed E-state index contributed by atoms with van der Waals surface area (Å²) in [6.45, 7) is 0. The van der Waals surface area contributed by atoms with E-state index in [1.807, 2.05) is 36.4 Å². The van der Waals surface area contributed by atoms with Crippen molar-refractivity contribution in [2.45, 2.75) is 11.3 Å². The number of hydrogen-bond donors (Lipinski definition) is 0. The van der Waals surface area contributed by atoms with E-state index >= 15 is 0 Å². The zero-order valence-electron chi connectivity index (χ0n) is 14.9. The molecule has 0 saturated heterocycles. The molecule has 0 aromatic heterocycles. The Labute approximate surface area is 152 Å². The molecule has 0 bridgehead atoms. The zero-order chi connectivity index (χ0) is 18.7. The Bertz CT molecular complexity index is 835. The Morgan fingerprint density at radius 2 is 1.50 bits per heavy atom. The Morgan fingerprint density at radius 1 is 0.885 bits per heavy atom. The van der Waals surface area contributed by atoms with Gasteiger partial charge in [-0.2, -0.15) is 0 Å². The lowest BCUT2D eigenvalue weighted by molar-refractivity contribution is -0.163. The van der Waals surface area contributed by atoms with Crippen molar-refractivity contribution in [1.29, 1.82) is 0 Å². The summed E-state index contributed by atoms with van der Waals surface area (Å²) in [4.78, 5) is 26.0. The van der Waals surface area contributed by atoms with Crippen LogP contribution in [-0.2, 0) is 24.5 Å². The largest absolute Gasteiger partial charge is 0.497 e. The van der Waals surface area contributed by atoms with Gasteiger partial charge in [0.1, 0.15) is 5.75 Å². The Morgan fingerprint density at radius 3 is 2.08 bits per heavy atom. The van der Waals surface area contributed by atoms with E-state index in [0.29, 0.717) is 11.3 Å². The molecule has 0 aliphatic heterocycles. The molecule has 5 heteroatoms. The van der Waals surface area contributed by atoms with Crippen LogP contribution in [-0.4, -0.2) is 33.3 Å². The number of fused-ring (bicyclic) bond motifs is 1. The van der Waals surface area contributed by atoms with Crippen LogP contribution in [0.15, 0.2) is 54.6 Å². The van der Waals surface area contributed by atoms with Gasteiger partial charge in [0.15, 0.2) is 0 Å². The third kappa shape index (κ3) is 2.56. The Kier molecular flexibility index (Phi) is 4.80. The quantitative estimate of drug-likeness (QED) is 0.625. The molecule has 1 unspecified atom stereocenters. The van der Waals surface area contributed by atoms with Crippen molar-refractivity contribution in [3.05, 3.63) is 71.3 Å². The maximum atomic E-state index is 13.0. The molecule has 1 aliphatic rings. The molecule has 0 spiro atoms. The van der Waals surface area contributed by atoms with Gasteiger partial charge in [-0.3, -0.25) is 9.59 Å². The van der Waals surface area contributed by atoms with Crippen LogP contribution in [0.5, 0.6) is 5.75 Å². The Balaban J connectivity index is 2.27. The van der Waals surface area contributed by atoms with Crippen molar-refractivity contribution >= 4 is 18.0 Å². The molecule has 1 aliphatic carbocycles. The molecule has 0 heterocycles. The van der Waals surface area contributed by atoms with Gasteiger partial charge in [-0.15, -0.1) is 0 Å². The first-order chi connectivity index (χ1) is 12.6. The molecule has 0 N–H and O–H groups in total. The number of rotatable bonds is 4. The number of methoxy groups -OCH3 is 3. The molecule has 2 aromatic carbocycles. The number of allylic oxidation sites excluding steroid dienone is 1. The second kappa shape index (κ2) is 7.04. The molecule has 0 saturated carbocycles. The number of carbonyl (C=O) groups excluding carboxylic acids is 2. The summed E-state index contributed by atoms with van der Waals surface area (Å²) >= 11 is 0. The average Bonchev–Trinajstić information content (AvgIpc) is 2.71. The summed E-state index contributed by atoms with van der Waals surface area (Å²) in [6.07, 6.45) is 3.76. The smallest absolute Gasteiger partial charge is 0.328 e. The molecule has 5 nitrogen and oxygen atoms in total. The van der Waals surface area contributed by atoms with Gasteiger partial charge in [-0.05, 0) is 28.8 Å². The van der Waals surface area contributed by atoms with Crippen LogP contribution < -0.4 is 4.74 Å². The molecular weight excluding hydrogens is 332 g/mol. The third-order valence-corrected chi connectivity index (χ3v) is 4.81. The van der Waals surface area contributed by atoms with E-state index in [4.69, 9.17) is 14.2 Å². The van der Waals surface area contributed by atoms with Crippen molar-refractivity contribution in [2.75, 3.05) is 21.3 Å². The average molecular weight is 352 g/mol. The summed E-state index contributed by atoms with van der Waals surface area (Å²) in [7, 11) is 4.14. The van der Waals surface area contributed by atoms with E-state index < -0.39 is 23.3 Å². The summed E-state index contributed by atoms with van der Waals surface area (Å²) in [5.41, 5.74) is 0.533. The van der Waals surface area contributed by atoms with E-state index in [2.05, 4.69) is 0 Å². The minimum Gasteiger partial charge on any atom is -0.497 e. The van der Waals surface area contributed by atoms with Gasteiger partial charge in [-0.25, -0.2) is 0 Å². The van der Waals surface area contributed by atoms with Crippen LogP contribution in [0.1, 0.15) is 22.6 Å². The summed E-state index contributed by atoms with van der Waals surface area (Å²) in [6, 6.07) is 14.5. The molecule has 1 atom stereocenters. The summed E-state index contributed by atoms with van der Waals surface area (Å²) in [5.74, 6) is -1.18. The van der Waals surface area contributed by atoms with Crippen LogP contribution in [0.3, 0.4) is 0 Å². The van der Waals surface area contributed by atoms with E-state index in [9.17, 15) is 9.59 Å². The first-order valence-corrected chi connectivity index (χ1v) is 8.18. The number of ether oxygens (including phenoxy) is 3. The number of benzene rings is 2. The highest BCUT2D eigenvalue weighted by Crippen LogP contribution is 2.47. The fourth-order valence-electron chi connectivity index (χ4n) is 3.56. The van der Waals surface area contributed by atoms with Crippen molar-refractivity contribution in [3.63, 3.8) is 0 Å². The van der Waals surface area contributed by atoms with Gasteiger partial charge in [-0.1, -0.05) is 48.6 Å². The number of carbonyl (C=O) groups is 2. The minimum absolute atomic E-state index is 0.566. The second-order valence-electron chi connectivity index (χ2n) is 5.99. The Hall–Kier alpha value is -3.08. The first-order valence-electron chi connectivity index (χ1n) is 8.18. The molecule has 0 fully saturated rings. The maximum absolute atomic E-state index is 13.0. The third-order valence-electron chi connectivity index (χ3n) is 4.81. The molecule has 134 valence electrons. The highest BCUT2D eigenvalue weighted by molar-refractivity contribution is 6.09. The van der Waals surface area contributed by atoms with Crippen LogP contribution in [0, 0.1) is 0 Å². The first kappa shape index (κ1) is 17.7. The van der Waals surface area contributed by atoms with Crippen molar-refractivity contribution in [3.8, 4) is 5.75 Å². The molecule has 0 amide bonds. The fourth-order valence-corrected chi connectivity index (χ4v) is 3.56. The van der Waals surface area contributed by atoms with Gasteiger partial charge >= 0.3 is 11.9 Å². The van der Waals surface area contributed by atoms with Gasteiger partial charge in [0, 0.05) is 5.92 Å². The monoisotopic (exact) mass is 352 g/mol. The minimum atomic E-state index is -1.61. The topological polar surface area (TPSA) is 61.8 Å². The van der Waals surface area contributed by atoms with Gasteiger partial charge in [0.25, 0.3) is 0 Å². The van der Waals surface area contributed by atoms with Crippen LogP contribution >= 0.6 is 0 Å². The van der Waals surface area contributed by atoms with Crippen LogP contribution in [0.25, 0.3) is 6.08 Å². The van der Waals surface area contributed by atoms with E-state index in [1.165, 1.54) is 14.2 Å². The highest BCUT2D eigenvalue weighted by Gasteiger charge is 2.57. The zero-order valence-corrected chi connectivity index (χ0v) is 14.9. The lowest BCUT2D eigenvalue weighted by atomic mass is 9.63. The van der Waals surface area contributed by atoms with Crippen LogP contribution in [0.4, 0.5) is 0 Å².